The summed E-state index contributed by atoms with van der Waals surface area (Å²) in [6.07, 6.45) is 4.47. The van der Waals surface area contributed by atoms with E-state index in [9.17, 15) is 5.26 Å². The molecule has 180 valence electrons. The van der Waals surface area contributed by atoms with Gasteiger partial charge in [0.2, 0.25) is 0 Å². The monoisotopic (exact) mass is 476 g/mol. The maximum absolute atomic E-state index is 15.0. The zero-order valence-corrected chi connectivity index (χ0v) is 21.7. The van der Waals surface area contributed by atoms with E-state index in [0.29, 0.717) is 5.57 Å². The summed E-state index contributed by atoms with van der Waals surface area (Å²) in [6.45, 7) is 12.6. The Morgan fingerprint density at radius 3 is 1.91 bits per heavy atom. The first kappa shape index (κ1) is 24.9. The standard InChI is InChI=1S/C28H37N4OP/c1-20(2)31-26-13-9-10-14-27(26)32(21(3)4)34(31,33)30-28(22(5)19-29)25-17-15-24(16-18-25)23-11-7-6-8-12-23/h6-8,11-12,15-18,20-21,26-28H,5,9-10,13-14H2,1-4H3,(H,30,33)/t26-,27-,28-/m1/s1. The molecule has 6 heteroatoms. The van der Waals surface area contributed by atoms with Crippen molar-refractivity contribution in [2.24, 2.45) is 0 Å². The van der Waals surface area contributed by atoms with Crippen molar-refractivity contribution < 1.29 is 4.57 Å². The van der Waals surface area contributed by atoms with Gasteiger partial charge in [-0.3, -0.25) is 4.57 Å². The lowest BCUT2D eigenvalue weighted by molar-refractivity contribution is 0.173. The van der Waals surface area contributed by atoms with E-state index in [1.165, 1.54) is 12.8 Å². The summed E-state index contributed by atoms with van der Waals surface area (Å²) in [5.74, 6) is 0. The molecule has 0 aromatic heterocycles. The third kappa shape index (κ3) is 4.53. The van der Waals surface area contributed by atoms with Crippen molar-refractivity contribution in [3.63, 3.8) is 0 Å². The van der Waals surface area contributed by atoms with Gasteiger partial charge >= 0.3 is 0 Å². The van der Waals surface area contributed by atoms with Crippen LogP contribution in [0.2, 0.25) is 0 Å². The summed E-state index contributed by atoms with van der Waals surface area (Å²) in [5, 5.41) is 13.3. The molecule has 1 N–H and O–H groups in total. The number of nitriles is 1. The molecule has 0 unspecified atom stereocenters. The smallest absolute Gasteiger partial charge is 0.270 e. The maximum Gasteiger partial charge on any atom is 0.286 e. The Kier molecular flexibility index (Phi) is 7.45. The third-order valence-corrected chi connectivity index (χ3v) is 10.6. The van der Waals surface area contributed by atoms with Crippen molar-refractivity contribution in [3.8, 4) is 17.2 Å². The molecule has 2 fully saturated rings. The number of fused-ring (bicyclic) bond motifs is 1. The van der Waals surface area contributed by atoms with Crippen molar-refractivity contribution in [2.45, 2.75) is 83.6 Å². The maximum atomic E-state index is 15.0. The molecular weight excluding hydrogens is 439 g/mol. The molecule has 3 atom stereocenters. The number of benzene rings is 2. The van der Waals surface area contributed by atoms with Gasteiger partial charge in [-0.2, -0.15) is 5.26 Å². The van der Waals surface area contributed by atoms with Gasteiger partial charge in [0.25, 0.3) is 7.59 Å². The molecule has 2 aliphatic rings. The van der Waals surface area contributed by atoms with Crippen LogP contribution in [0.25, 0.3) is 11.1 Å². The van der Waals surface area contributed by atoms with Crippen molar-refractivity contribution in [3.05, 3.63) is 72.3 Å². The summed E-state index contributed by atoms with van der Waals surface area (Å²) in [6, 6.07) is 20.9. The van der Waals surface area contributed by atoms with Crippen LogP contribution in [-0.4, -0.2) is 33.5 Å². The van der Waals surface area contributed by atoms with Crippen molar-refractivity contribution >= 4 is 7.59 Å². The Hall–Kier alpha value is -2.22. The largest absolute Gasteiger partial charge is 0.286 e. The number of hydrogen-bond donors (Lipinski definition) is 1. The lowest BCUT2D eigenvalue weighted by atomic mass is 9.89. The minimum Gasteiger partial charge on any atom is -0.270 e. The van der Waals surface area contributed by atoms with Gasteiger partial charge < -0.3 is 0 Å². The second-order valence-corrected chi connectivity index (χ2v) is 12.4. The molecule has 0 radical (unpaired) electrons. The summed E-state index contributed by atoms with van der Waals surface area (Å²) < 4.78 is 19.5. The van der Waals surface area contributed by atoms with E-state index in [-0.39, 0.29) is 24.2 Å². The second-order valence-electron chi connectivity index (χ2n) is 10.1. The Morgan fingerprint density at radius 1 is 0.941 bits per heavy atom. The van der Waals surface area contributed by atoms with Gasteiger partial charge in [0.15, 0.2) is 0 Å². The quantitative estimate of drug-likeness (QED) is 0.347. The van der Waals surface area contributed by atoms with Crippen LogP contribution in [0.1, 0.15) is 65.0 Å². The number of rotatable bonds is 7. The van der Waals surface area contributed by atoms with E-state index >= 15 is 4.57 Å². The molecule has 0 spiro atoms. The fourth-order valence-corrected chi connectivity index (χ4v) is 9.58. The highest BCUT2D eigenvalue weighted by Gasteiger charge is 2.57. The normalized spacial score (nSPS) is 23.6. The predicted octanol–water partition coefficient (Wildman–Crippen LogP) is 6.92. The van der Waals surface area contributed by atoms with E-state index in [4.69, 9.17) is 0 Å². The fraction of sp³-hybridized carbons (Fsp3) is 0.464. The lowest BCUT2D eigenvalue weighted by Crippen LogP contribution is -2.43. The van der Waals surface area contributed by atoms with E-state index in [2.05, 4.69) is 79.0 Å². The zero-order valence-electron chi connectivity index (χ0n) is 20.8. The molecule has 4 rings (SSSR count). The zero-order chi connectivity index (χ0) is 24.5. The highest BCUT2D eigenvalue weighted by molar-refractivity contribution is 7.57. The molecule has 1 saturated heterocycles. The topological polar surface area (TPSA) is 59.4 Å². The minimum absolute atomic E-state index is 0.129. The Bertz CT molecular complexity index is 1060. The average Bonchev–Trinajstić information content (AvgIpc) is 3.11. The van der Waals surface area contributed by atoms with Crippen molar-refractivity contribution in [1.29, 1.82) is 5.26 Å². The predicted molar refractivity (Wildman–Crippen MR) is 140 cm³/mol. The van der Waals surface area contributed by atoms with E-state index in [0.717, 1.165) is 29.5 Å². The summed E-state index contributed by atoms with van der Waals surface area (Å²) in [5.41, 5.74) is 3.54. The summed E-state index contributed by atoms with van der Waals surface area (Å²) in [4.78, 5) is 0. The molecule has 1 aliphatic heterocycles. The molecule has 0 amide bonds. The van der Waals surface area contributed by atoms with Crippen molar-refractivity contribution in [1.82, 2.24) is 14.4 Å². The first-order chi connectivity index (χ1) is 16.3. The number of hydrogen-bond acceptors (Lipinski definition) is 2. The number of nitrogens with one attached hydrogen (secondary N) is 1. The minimum atomic E-state index is -3.16. The molecule has 1 heterocycles. The van der Waals surface area contributed by atoms with Gasteiger partial charge in [0, 0.05) is 29.7 Å². The molecule has 1 saturated carbocycles. The lowest BCUT2D eigenvalue weighted by Gasteiger charge is -2.38. The molecular formula is C28H37N4OP. The van der Waals surface area contributed by atoms with Gasteiger partial charge in [-0.05, 0) is 57.2 Å². The first-order valence-corrected chi connectivity index (χ1v) is 14.1. The van der Waals surface area contributed by atoms with Gasteiger partial charge in [0.1, 0.15) is 0 Å². The van der Waals surface area contributed by atoms with Crippen LogP contribution >= 0.6 is 7.59 Å². The van der Waals surface area contributed by atoms with Crippen LogP contribution in [0.15, 0.2) is 66.7 Å². The first-order valence-electron chi connectivity index (χ1n) is 12.5. The molecule has 5 nitrogen and oxygen atoms in total. The fourth-order valence-electron chi connectivity index (χ4n) is 5.84. The highest BCUT2D eigenvalue weighted by Crippen LogP contribution is 2.64. The van der Waals surface area contributed by atoms with E-state index in [1.54, 1.807) is 0 Å². The molecule has 2 aromatic rings. The Labute approximate surface area is 205 Å². The van der Waals surface area contributed by atoms with Crippen LogP contribution in [0, 0.1) is 11.3 Å². The van der Waals surface area contributed by atoms with Crippen LogP contribution in [0.5, 0.6) is 0 Å². The summed E-state index contributed by atoms with van der Waals surface area (Å²) >= 11 is 0. The molecule has 0 bridgehead atoms. The van der Waals surface area contributed by atoms with E-state index < -0.39 is 13.6 Å². The van der Waals surface area contributed by atoms with Crippen LogP contribution in [0.3, 0.4) is 0 Å². The summed E-state index contributed by atoms with van der Waals surface area (Å²) in [7, 11) is -3.16. The van der Waals surface area contributed by atoms with Crippen LogP contribution in [-0.2, 0) is 4.57 Å². The third-order valence-electron chi connectivity index (χ3n) is 7.20. The van der Waals surface area contributed by atoms with Crippen molar-refractivity contribution in [2.75, 3.05) is 0 Å². The van der Waals surface area contributed by atoms with E-state index in [1.807, 2.05) is 30.3 Å². The van der Waals surface area contributed by atoms with Gasteiger partial charge in [-0.25, -0.2) is 14.4 Å². The SMILES string of the molecule is C=C(C#N)[C@@H](NP1(=O)N(C(C)C)[C@@H]2CCCC[C@H]2N1C(C)C)c1ccc(-c2ccccc2)cc1. The molecule has 2 aromatic carbocycles. The molecule has 34 heavy (non-hydrogen) atoms. The van der Waals surface area contributed by atoms with Gasteiger partial charge in [-0.15, -0.1) is 0 Å². The average molecular weight is 477 g/mol. The Balaban J connectivity index is 1.72. The number of nitrogens with zero attached hydrogens (tertiary/aromatic N) is 3. The van der Waals surface area contributed by atoms with Gasteiger partial charge in [-0.1, -0.05) is 74.0 Å². The molecule has 1 aliphatic carbocycles. The van der Waals surface area contributed by atoms with Crippen LogP contribution in [0.4, 0.5) is 0 Å². The Morgan fingerprint density at radius 2 is 1.44 bits per heavy atom. The van der Waals surface area contributed by atoms with Crippen LogP contribution < -0.4 is 5.09 Å². The second kappa shape index (κ2) is 10.2. The van der Waals surface area contributed by atoms with Gasteiger partial charge in [0.05, 0.1) is 12.1 Å². The highest BCUT2D eigenvalue weighted by atomic mass is 31.2.